The molecule has 0 saturated carbocycles. The maximum Gasteiger partial charge on any atom is 0.195 e. The first-order valence-corrected chi connectivity index (χ1v) is 5.42. The van der Waals surface area contributed by atoms with Crippen LogP contribution in [0, 0.1) is 5.92 Å². The van der Waals surface area contributed by atoms with E-state index in [0.29, 0.717) is 12.5 Å². The molecule has 0 amide bonds. The van der Waals surface area contributed by atoms with Gasteiger partial charge in [0.15, 0.2) is 5.96 Å². The number of rotatable bonds is 5. The van der Waals surface area contributed by atoms with Gasteiger partial charge in [-0.25, -0.2) is 0 Å². The number of hydrogen-bond acceptors (Lipinski definition) is 2. The van der Waals surface area contributed by atoms with Gasteiger partial charge in [0, 0.05) is 34.8 Å². The van der Waals surface area contributed by atoms with Crippen molar-refractivity contribution in [1.82, 2.24) is 9.80 Å². The van der Waals surface area contributed by atoms with Crippen molar-refractivity contribution < 1.29 is 4.74 Å². The largest absolute Gasteiger partial charge is 0.379 e. The molecule has 98 valence electrons. The highest BCUT2D eigenvalue weighted by Crippen LogP contribution is 1.93. The molecule has 16 heavy (non-hydrogen) atoms. The first-order chi connectivity index (χ1) is 6.95. The fourth-order valence-corrected chi connectivity index (χ4v) is 1.21. The van der Waals surface area contributed by atoms with Gasteiger partial charge < -0.3 is 14.5 Å². The summed E-state index contributed by atoms with van der Waals surface area (Å²) in [5.41, 5.74) is 0. The lowest BCUT2D eigenvalue weighted by atomic mass is 10.2. The van der Waals surface area contributed by atoms with E-state index < -0.39 is 0 Å². The van der Waals surface area contributed by atoms with Crippen LogP contribution in [0.3, 0.4) is 0 Å². The fourth-order valence-electron chi connectivity index (χ4n) is 1.21. The first kappa shape index (κ1) is 18.3. The molecule has 0 atom stereocenters. The van der Waals surface area contributed by atoms with Crippen LogP contribution in [0.25, 0.3) is 0 Å². The van der Waals surface area contributed by atoms with E-state index in [2.05, 4.69) is 18.8 Å². The molecule has 0 bridgehead atoms. The van der Waals surface area contributed by atoms with Gasteiger partial charge in [-0.3, -0.25) is 4.99 Å². The standard InChI is InChI=1S/C11H25N3O.HI/c1-10(2)9-15-8-7-12-11(13(3)4)14(5)6;/h10H,7-9H2,1-6H3;1H. The zero-order valence-corrected chi connectivity index (χ0v) is 13.7. The first-order valence-electron chi connectivity index (χ1n) is 5.42. The lowest BCUT2D eigenvalue weighted by Crippen LogP contribution is -2.35. The highest BCUT2D eigenvalue weighted by Gasteiger charge is 2.02. The quantitative estimate of drug-likeness (QED) is 0.330. The summed E-state index contributed by atoms with van der Waals surface area (Å²) >= 11 is 0. The molecule has 0 saturated heterocycles. The van der Waals surface area contributed by atoms with E-state index in [1.54, 1.807) is 0 Å². The highest BCUT2D eigenvalue weighted by atomic mass is 127. The van der Waals surface area contributed by atoms with Gasteiger partial charge in [0.25, 0.3) is 0 Å². The number of aliphatic imine (C=N–C) groups is 1. The Morgan fingerprint density at radius 1 is 1.12 bits per heavy atom. The summed E-state index contributed by atoms with van der Waals surface area (Å²) in [7, 11) is 7.98. The maximum atomic E-state index is 5.46. The molecule has 0 aromatic heterocycles. The monoisotopic (exact) mass is 343 g/mol. The van der Waals surface area contributed by atoms with E-state index in [9.17, 15) is 0 Å². The minimum Gasteiger partial charge on any atom is -0.379 e. The van der Waals surface area contributed by atoms with Crippen LogP contribution in [0.1, 0.15) is 13.8 Å². The Morgan fingerprint density at radius 2 is 1.62 bits per heavy atom. The Hall–Kier alpha value is -0.0400. The number of hydrogen-bond donors (Lipinski definition) is 0. The second-order valence-electron chi connectivity index (χ2n) is 4.44. The molecule has 0 unspecified atom stereocenters. The van der Waals surface area contributed by atoms with E-state index in [4.69, 9.17) is 4.74 Å². The zero-order valence-electron chi connectivity index (χ0n) is 11.4. The SMILES string of the molecule is CC(C)COCCN=C(N(C)C)N(C)C.I. The average Bonchev–Trinajstić information content (AvgIpc) is 2.08. The van der Waals surface area contributed by atoms with E-state index in [1.165, 1.54) is 0 Å². The summed E-state index contributed by atoms with van der Waals surface area (Å²) in [5.74, 6) is 1.57. The van der Waals surface area contributed by atoms with Crippen molar-refractivity contribution in [2.24, 2.45) is 10.9 Å². The van der Waals surface area contributed by atoms with Crippen molar-refractivity contribution in [2.45, 2.75) is 13.8 Å². The Kier molecular flexibility index (Phi) is 11.6. The van der Waals surface area contributed by atoms with Gasteiger partial charge in [0.05, 0.1) is 13.2 Å². The molecule has 0 rings (SSSR count). The molecule has 0 heterocycles. The Bertz CT molecular complexity index is 184. The average molecular weight is 343 g/mol. The van der Waals surface area contributed by atoms with Crippen molar-refractivity contribution in [1.29, 1.82) is 0 Å². The molecule has 5 heteroatoms. The Labute approximate surface area is 117 Å². The third kappa shape index (κ3) is 9.21. The molecule has 0 aliphatic carbocycles. The summed E-state index contributed by atoms with van der Waals surface area (Å²) in [4.78, 5) is 8.47. The van der Waals surface area contributed by atoms with Gasteiger partial charge in [-0.1, -0.05) is 13.8 Å². The van der Waals surface area contributed by atoms with Crippen LogP contribution in [-0.2, 0) is 4.74 Å². The third-order valence-electron chi connectivity index (χ3n) is 1.74. The number of halogens is 1. The second kappa shape index (κ2) is 10.1. The molecule has 0 radical (unpaired) electrons. The Morgan fingerprint density at radius 3 is 2.00 bits per heavy atom. The van der Waals surface area contributed by atoms with Crippen LogP contribution in [0.2, 0.25) is 0 Å². The van der Waals surface area contributed by atoms with E-state index in [-0.39, 0.29) is 24.0 Å². The molecule has 0 aliphatic heterocycles. The Balaban J connectivity index is 0. The lowest BCUT2D eigenvalue weighted by molar-refractivity contribution is 0.116. The molecule has 0 aromatic rings. The summed E-state index contributed by atoms with van der Waals surface area (Å²) in [5, 5.41) is 0. The van der Waals surface area contributed by atoms with Crippen LogP contribution >= 0.6 is 24.0 Å². The van der Waals surface area contributed by atoms with Gasteiger partial charge in [-0.2, -0.15) is 0 Å². The van der Waals surface area contributed by atoms with Gasteiger partial charge in [0.1, 0.15) is 0 Å². The van der Waals surface area contributed by atoms with Crippen LogP contribution in [0.4, 0.5) is 0 Å². The highest BCUT2D eigenvalue weighted by molar-refractivity contribution is 14.0. The van der Waals surface area contributed by atoms with Crippen molar-refractivity contribution >= 4 is 29.9 Å². The van der Waals surface area contributed by atoms with Crippen LogP contribution in [0.15, 0.2) is 4.99 Å². The molecule has 0 spiro atoms. The maximum absolute atomic E-state index is 5.46. The van der Waals surface area contributed by atoms with E-state index in [1.807, 2.05) is 38.0 Å². The van der Waals surface area contributed by atoms with Crippen molar-refractivity contribution in [3.8, 4) is 0 Å². The summed E-state index contributed by atoms with van der Waals surface area (Å²) in [6.07, 6.45) is 0. The summed E-state index contributed by atoms with van der Waals surface area (Å²) < 4.78 is 5.46. The summed E-state index contributed by atoms with van der Waals surface area (Å²) in [6, 6.07) is 0. The molecular weight excluding hydrogens is 317 g/mol. The molecule has 0 fully saturated rings. The van der Waals surface area contributed by atoms with Gasteiger partial charge >= 0.3 is 0 Å². The molecule has 0 aliphatic rings. The van der Waals surface area contributed by atoms with Gasteiger partial charge in [-0.05, 0) is 5.92 Å². The number of nitrogens with zero attached hydrogens (tertiary/aromatic N) is 3. The van der Waals surface area contributed by atoms with Gasteiger partial charge in [0.2, 0.25) is 0 Å². The minimum absolute atomic E-state index is 0. The zero-order chi connectivity index (χ0) is 11.8. The number of guanidine groups is 1. The van der Waals surface area contributed by atoms with E-state index >= 15 is 0 Å². The van der Waals surface area contributed by atoms with Crippen LogP contribution in [-0.4, -0.2) is 63.7 Å². The van der Waals surface area contributed by atoms with Crippen molar-refractivity contribution in [2.75, 3.05) is 47.9 Å². The summed E-state index contributed by atoms with van der Waals surface area (Å²) in [6.45, 7) is 6.53. The fraction of sp³-hybridized carbons (Fsp3) is 0.909. The van der Waals surface area contributed by atoms with E-state index in [0.717, 1.165) is 19.1 Å². The molecule has 0 N–H and O–H groups in total. The lowest BCUT2D eigenvalue weighted by Gasteiger charge is -2.22. The normalized spacial score (nSPS) is 9.69. The number of ether oxygens (including phenoxy) is 1. The van der Waals surface area contributed by atoms with Crippen molar-refractivity contribution in [3.05, 3.63) is 0 Å². The smallest absolute Gasteiger partial charge is 0.195 e. The van der Waals surface area contributed by atoms with Crippen LogP contribution < -0.4 is 0 Å². The minimum atomic E-state index is 0. The predicted octanol–water partition coefficient (Wildman–Crippen LogP) is 1.76. The molecule has 4 nitrogen and oxygen atoms in total. The van der Waals surface area contributed by atoms with Crippen molar-refractivity contribution in [3.63, 3.8) is 0 Å². The predicted molar refractivity (Wildman–Crippen MR) is 80.7 cm³/mol. The second-order valence-corrected chi connectivity index (χ2v) is 4.44. The third-order valence-corrected chi connectivity index (χ3v) is 1.74. The van der Waals surface area contributed by atoms with Gasteiger partial charge in [-0.15, -0.1) is 24.0 Å². The molecule has 0 aromatic carbocycles. The molecular formula is C11H26IN3O. The van der Waals surface area contributed by atoms with Crippen LogP contribution in [0.5, 0.6) is 0 Å². The topological polar surface area (TPSA) is 28.1 Å².